The van der Waals surface area contributed by atoms with Crippen LogP contribution in [0, 0.1) is 18.3 Å². The Labute approximate surface area is 190 Å². The number of para-hydroxylation sites is 1. The first kappa shape index (κ1) is 22.6. The summed E-state index contributed by atoms with van der Waals surface area (Å²) in [7, 11) is -4.16. The van der Waals surface area contributed by atoms with E-state index < -0.39 is 29.4 Å². The molecule has 4 aromatic rings. The SMILES string of the molecule is Cc1ccc2c(C#N)c(-c3ccc(S(=O)(=O)NC(CF)CF)cn3)n(-c3ccccc3)c2c1. The quantitative estimate of drug-likeness (QED) is 0.436. The summed E-state index contributed by atoms with van der Waals surface area (Å²) < 4.78 is 54.4. The van der Waals surface area contributed by atoms with Gasteiger partial charge < -0.3 is 4.57 Å². The van der Waals surface area contributed by atoms with E-state index in [0.29, 0.717) is 17.0 Å². The van der Waals surface area contributed by atoms with Gasteiger partial charge in [0.1, 0.15) is 24.3 Å². The molecule has 0 saturated carbocycles. The summed E-state index contributed by atoms with van der Waals surface area (Å²) >= 11 is 0. The Morgan fingerprint density at radius 3 is 2.42 bits per heavy atom. The Hall–Kier alpha value is -3.61. The van der Waals surface area contributed by atoms with Gasteiger partial charge in [0.05, 0.1) is 28.5 Å². The molecule has 0 fully saturated rings. The fourth-order valence-corrected chi connectivity index (χ4v) is 4.81. The number of benzene rings is 2. The van der Waals surface area contributed by atoms with Crippen molar-refractivity contribution in [2.75, 3.05) is 13.3 Å². The second-order valence-corrected chi connectivity index (χ2v) is 9.25. The predicted octanol–water partition coefficient (Wildman–Crippen LogP) is 4.46. The zero-order chi connectivity index (χ0) is 23.6. The molecule has 0 radical (unpaired) electrons. The molecule has 168 valence electrons. The highest BCUT2D eigenvalue weighted by molar-refractivity contribution is 7.89. The lowest BCUT2D eigenvalue weighted by Gasteiger charge is -2.13. The Bertz CT molecular complexity index is 1440. The van der Waals surface area contributed by atoms with Crippen molar-refractivity contribution in [3.8, 4) is 23.1 Å². The van der Waals surface area contributed by atoms with E-state index in [0.717, 1.165) is 28.4 Å². The van der Waals surface area contributed by atoms with Crippen molar-refractivity contribution in [2.45, 2.75) is 17.9 Å². The molecule has 0 aliphatic heterocycles. The van der Waals surface area contributed by atoms with Gasteiger partial charge in [0.25, 0.3) is 0 Å². The Kier molecular flexibility index (Phi) is 6.22. The summed E-state index contributed by atoms with van der Waals surface area (Å²) in [5.74, 6) is 0. The number of pyridine rings is 1. The highest BCUT2D eigenvalue weighted by Crippen LogP contribution is 2.36. The molecular weight excluding hydrogens is 446 g/mol. The summed E-state index contributed by atoms with van der Waals surface area (Å²) in [6.07, 6.45) is 1.12. The van der Waals surface area contributed by atoms with Gasteiger partial charge in [0, 0.05) is 17.3 Å². The van der Waals surface area contributed by atoms with E-state index in [1.54, 1.807) is 0 Å². The second kappa shape index (κ2) is 9.10. The molecule has 0 saturated heterocycles. The Morgan fingerprint density at radius 1 is 1.09 bits per heavy atom. The van der Waals surface area contributed by atoms with Crippen LogP contribution < -0.4 is 4.72 Å². The van der Waals surface area contributed by atoms with Crippen LogP contribution >= 0.6 is 0 Å². The minimum absolute atomic E-state index is 0.227. The molecule has 9 heteroatoms. The third kappa shape index (κ3) is 4.23. The molecule has 4 rings (SSSR count). The molecule has 0 aliphatic carbocycles. The molecule has 2 aromatic carbocycles. The highest BCUT2D eigenvalue weighted by atomic mass is 32.2. The average molecular weight is 467 g/mol. The normalized spacial score (nSPS) is 11.7. The first-order chi connectivity index (χ1) is 15.9. The maximum Gasteiger partial charge on any atom is 0.242 e. The van der Waals surface area contributed by atoms with Crippen molar-refractivity contribution >= 4 is 20.9 Å². The van der Waals surface area contributed by atoms with Gasteiger partial charge in [-0.2, -0.15) is 5.26 Å². The summed E-state index contributed by atoms with van der Waals surface area (Å²) in [6, 6.07) is 18.8. The van der Waals surface area contributed by atoms with E-state index in [-0.39, 0.29) is 4.90 Å². The number of sulfonamides is 1. The number of nitrogens with zero attached hydrogens (tertiary/aromatic N) is 3. The van der Waals surface area contributed by atoms with Crippen LogP contribution in [0.1, 0.15) is 11.1 Å². The summed E-state index contributed by atoms with van der Waals surface area (Å²) in [5.41, 5.74) is 3.97. The Balaban J connectivity index is 1.89. The molecule has 33 heavy (non-hydrogen) atoms. The van der Waals surface area contributed by atoms with E-state index >= 15 is 0 Å². The maximum absolute atomic E-state index is 12.8. The number of aryl methyl sites for hydroxylation is 1. The molecule has 0 atom stereocenters. The summed E-state index contributed by atoms with van der Waals surface area (Å²) in [5, 5.41) is 10.7. The smallest absolute Gasteiger partial charge is 0.242 e. The topological polar surface area (TPSA) is 87.8 Å². The van der Waals surface area contributed by atoms with Gasteiger partial charge >= 0.3 is 0 Å². The van der Waals surface area contributed by atoms with Crippen molar-refractivity contribution in [3.63, 3.8) is 0 Å². The van der Waals surface area contributed by atoms with Gasteiger partial charge in [-0.3, -0.25) is 4.98 Å². The van der Waals surface area contributed by atoms with Crippen LogP contribution in [0.5, 0.6) is 0 Å². The molecule has 0 unspecified atom stereocenters. The van der Waals surface area contributed by atoms with Gasteiger partial charge in [-0.1, -0.05) is 30.3 Å². The highest BCUT2D eigenvalue weighted by Gasteiger charge is 2.23. The van der Waals surface area contributed by atoms with Gasteiger partial charge in [0.2, 0.25) is 10.0 Å². The van der Waals surface area contributed by atoms with Crippen LogP contribution in [0.3, 0.4) is 0 Å². The zero-order valence-electron chi connectivity index (χ0n) is 17.7. The third-order valence-corrected chi connectivity index (χ3v) is 6.74. The number of aromatic nitrogens is 2. The fraction of sp³-hybridized carbons (Fsp3) is 0.167. The number of alkyl halides is 2. The van der Waals surface area contributed by atoms with E-state index in [1.807, 2.05) is 64.7 Å². The molecule has 2 heterocycles. The first-order valence-corrected chi connectivity index (χ1v) is 11.6. The first-order valence-electron chi connectivity index (χ1n) is 10.1. The molecule has 0 bridgehead atoms. The van der Waals surface area contributed by atoms with Crippen molar-refractivity contribution < 1.29 is 17.2 Å². The van der Waals surface area contributed by atoms with Gasteiger partial charge in [-0.15, -0.1) is 0 Å². The number of halogens is 2. The Morgan fingerprint density at radius 2 is 1.82 bits per heavy atom. The third-order valence-electron chi connectivity index (χ3n) is 5.23. The van der Waals surface area contributed by atoms with E-state index in [2.05, 4.69) is 11.1 Å². The molecular formula is C24H20F2N4O2S. The number of nitriles is 1. The molecule has 6 nitrogen and oxygen atoms in total. The van der Waals surface area contributed by atoms with Crippen LogP contribution in [0.4, 0.5) is 8.78 Å². The number of nitrogens with one attached hydrogen (secondary N) is 1. The lowest BCUT2D eigenvalue weighted by molar-refractivity contribution is 0.334. The van der Waals surface area contributed by atoms with Crippen LogP contribution in [-0.4, -0.2) is 37.4 Å². The minimum atomic E-state index is -4.16. The van der Waals surface area contributed by atoms with Crippen molar-refractivity contribution in [1.82, 2.24) is 14.3 Å². The van der Waals surface area contributed by atoms with Gasteiger partial charge in [0.15, 0.2) is 0 Å². The van der Waals surface area contributed by atoms with E-state index in [1.165, 1.54) is 12.1 Å². The number of fused-ring (bicyclic) bond motifs is 1. The van der Waals surface area contributed by atoms with Gasteiger partial charge in [-0.25, -0.2) is 21.9 Å². The van der Waals surface area contributed by atoms with E-state index in [9.17, 15) is 22.5 Å². The summed E-state index contributed by atoms with van der Waals surface area (Å²) in [4.78, 5) is 4.08. The van der Waals surface area contributed by atoms with E-state index in [4.69, 9.17) is 0 Å². The molecule has 2 aromatic heterocycles. The largest absolute Gasteiger partial charge is 0.307 e. The average Bonchev–Trinajstić information content (AvgIpc) is 3.16. The maximum atomic E-state index is 12.8. The van der Waals surface area contributed by atoms with Crippen molar-refractivity contribution in [2.24, 2.45) is 0 Å². The molecule has 0 aliphatic rings. The standard InChI is InChI=1S/C24H20F2N4O2S/c1-16-7-9-20-21(14-27)24(30(23(20)11-16)18-5-3-2-4-6-18)22-10-8-19(15-28-22)33(31,32)29-17(12-25)13-26/h2-11,15,17,29H,12-13H2,1H3. The van der Waals surface area contributed by atoms with Crippen molar-refractivity contribution in [3.05, 3.63) is 78.0 Å². The molecule has 0 spiro atoms. The molecule has 0 amide bonds. The van der Waals surface area contributed by atoms with Crippen LogP contribution in [0.2, 0.25) is 0 Å². The number of hydrogen-bond acceptors (Lipinski definition) is 4. The predicted molar refractivity (Wildman–Crippen MR) is 122 cm³/mol. The monoisotopic (exact) mass is 466 g/mol. The minimum Gasteiger partial charge on any atom is -0.307 e. The lowest BCUT2D eigenvalue weighted by atomic mass is 10.1. The summed E-state index contributed by atoms with van der Waals surface area (Å²) in [6.45, 7) is -0.368. The molecule has 1 N–H and O–H groups in total. The number of hydrogen-bond donors (Lipinski definition) is 1. The van der Waals surface area contributed by atoms with Crippen LogP contribution in [0.15, 0.2) is 71.8 Å². The van der Waals surface area contributed by atoms with Crippen LogP contribution in [-0.2, 0) is 10.0 Å². The lowest BCUT2D eigenvalue weighted by Crippen LogP contribution is -2.37. The van der Waals surface area contributed by atoms with Crippen molar-refractivity contribution in [1.29, 1.82) is 5.26 Å². The zero-order valence-corrected chi connectivity index (χ0v) is 18.5. The van der Waals surface area contributed by atoms with Gasteiger partial charge in [-0.05, 0) is 42.8 Å². The second-order valence-electron chi connectivity index (χ2n) is 7.53. The van der Waals surface area contributed by atoms with Crippen LogP contribution in [0.25, 0.3) is 28.0 Å². The number of rotatable bonds is 7. The fourth-order valence-electron chi connectivity index (χ4n) is 3.67.